The van der Waals surface area contributed by atoms with Crippen LogP contribution in [0.3, 0.4) is 0 Å². The molecule has 0 radical (unpaired) electrons. The van der Waals surface area contributed by atoms with Crippen molar-refractivity contribution < 1.29 is 10.0 Å². The Kier molecular flexibility index (Phi) is 22.4. The Morgan fingerprint density at radius 2 is 0.343 bits per heavy atom. The number of rotatable bonds is 16. The number of halogens is 1. The predicted molar refractivity (Wildman–Crippen MR) is 578 cm³/mol. The van der Waals surface area contributed by atoms with Gasteiger partial charge in [-0.3, -0.25) is 0 Å². The lowest BCUT2D eigenvalue weighted by molar-refractivity contribution is 0.426. The van der Waals surface area contributed by atoms with Crippen LogP contribution in [0.1, 0.15) is 0 Å². The van der Waals surface area contributed by atoms with Gasteiger partial charge in [0.15, 0.2) is 29.1 Å². The highest BCUT2D eigenvalue weighted by atomic mass is 35.5. The smallest absolute Gasteiger partial charge is 0.423 e. The van der Waals surface area contributed by atoms with Gasteiger partial charge in [0.05, 0.1) is 44.1 Å². The molecule has 26 rings (SSSR count). The molecule has 0 atom stereocenters. The molecule has 660 valence electrons. The quantitative estimate of drug-likeness (QED) is 0.0913. The Bertz CT molecular complexity index is 9000. The molecule has 0 aliphatic heterocycles. The third kappa shape index (κ3) is 16.4. The highest BCUT2D eigenvalue weighted by Gasteiger charge is 2.23. The number of hydrogen-bond donors (Lipinski definition) is 2. The molecule has 0 aliphatic carbocycles. The standard InChI is InChI=1S/C63H41N5.C39H25ClN4.C24H18BNO2/c1-2-16-42(17-3-1)45-18-12-19-46(38-45)43-34-36-44(37-35-43)61-64-62(66-63(65-61)50-23-15-25-52(41-50)68-59-32-10-6-28-55(59)56-29-7-11-33-60(56)68)49-22-13-20-47(39-49)48-21-14-24-51(40-48)67-57-30-8-4-26-53(57)54-27-5-9-31-58(54)67;40-39-42-37(28-22-20-27(21-23-28)30-13-8-12-29(24-30)26-10-2-1-3-11-26)41-38(43-39)31-14-9-15-32(25-31)44-35-18-6-4-16-33(35)34-17-5-7-19-36(34)44;27-25(28)19-9-5-7-17(15-19)18-8-6-10-20(16-18)26-23-13-3-1-11-21(23)22-12-2-4-14-24(22)26/h1-41H;1-25H;1-16,27-28H. The zero-order valence-electron chi connectivity index (χ0n) is 75.7. The zero-order chi connectivity index (χ0) is 93.5. The second-order valence-corrected chi connectivity index (χ2v) is 35.2. The van der Waals surface area contributed by atoms with Gasteiger partial charge in [-0.05, 0) is 199 Å². The zero-order valence-corrected chi connectivity index (χ0v) is 76.4. The summed E-state index contributed by atoms with van der Waals surface area (Å²) in [5.74, 6) is 2.88. The summed E-state index contributed by atoms with van der Waals surface area (Å²) in [6.07, 6.45) is 0. The molecule has 12 nitrogen and oxygen atoms in total. The average molecular weight is 1820 g/mol. The average Bonchev–Trinajstić information content (AvgIpc) is 1.60. The number of aromatic nitrogens is 10. The third-order valence-corrected chi connectivity index (χ3v) is 26.5. The van der Waals surface area contributed by atoms with E-state index in [2.05, 4.69) is 459 Å². The molecular weight excluding hydrogens is 1730 g/mol. The van der Waals surface area contributed by atoms with Gasteiger partial charge in [-0.25, -0.2) is 19.9 Å². The van der Waals surface area contributed by atoms with Crippen LogP contribution in [-0.4, -0.2) is 65.3 Å². The van der Waals surface area contributed by atoms with E-state index in [0.717, 1.165) is 117 Å². The molecule has 6 heterocycles. The first-order valence-corrected chi connectivity index (χ1v) is 47.1. The van der Waals surface area contributed by atoms with Crippen LogP contribution in [-0.2, 0) is 0 Å². The van der Waals surface area contributed by atoms with Crippen molar-refractivity contribution >= 4 is 111 Å². The van der Waals surface area contributed by atoms with Crippen LogP contribution in [0.2, 0.25) is 5.28 Å². The molecule has 140 heavy (non-hydrogen) atoms. The lowest BCUT2D eigenvalue weighted by Crippen LogP contribution is -2.29. The van der Waals surface area contributed by atoms with Gasteiger partial charge < -0.3 is 28.3 Å². The molecule has 0 bridgehead atoms. The van der Waals surface area contributed by atoms with Crippen molar-refractivity contribution in [2.75, 3.05) is 0 Å². The van der Waals surface area contributed by atoms with Crippen LogP contribution in [0.5, 0.6) is 0 Å². The fourth-order valence-corrected chi connectivity index (χ4v) is 19.9. The van der Waals surface area contributed by atoms with E-state index in [0.29, 0.717) is 34.6 Å². The van der Waals surface area contributed by atoms with E-state index in [1.807, 2.05) is 60.7 Å². The Balaban J connectivity index is 0.000000126. The van der Waals surface area contributed by atoms with Gasteiger partial charge >= 0.3 is 7.12 Å². The fraction of sp³-hybridized carbons (Fsp3) is 0. The van der Waals surface area contributed by atoms with E-state index in [1.165, 1.54) is 87.4 Å². The van der Waals surface area contributed by atoms with Gasteiger partial charge in [0.25, 0.3) is 0 Å². The molecule has 0 saturated carbocycles. The van der Waals surface area contributed by atoms with E-state index < -0.39 is 7.12 Å². The van der Waals surface area contributed by atoms with E-state index in [1.54, 1.807) is 6.07 Å². The third-order valence-electron chi connectivity index (χ3n) is 26.4. The van der Waals surface area contributed by atoms with Gasteiger partial charge in [-0.15, -0.1) is 0 Å². The monoisotopic (exact) mass is 1810 g/mol. The Morgan fingerprint density at radius 3 is 0.643 bits per heavy atom. The minimum absolute atomic E-state index is 0.159. The summed E-state index contributed by atoms with van der Waals surface area (Å²) in [6.45, 7) is 0. The van der Waals surface area contributed by atoms with Crippen molar-refractivity contribution in [2.45, 2.75) is 0 Å². The lowest BCUT2D eigenvalue weighted by Gasteiger charge is -2.13. The van der Waals surface area contributed by atoms with Crippen molar-refractivity contribution in [3.05, 3.63) is 503 Å². The van der Waals surface area contributed by atoms with Crippen LogP contribution < -0.4 is 5.46 Å². The molecule has 0 saturated heterocycles. The fourth-order valence-electron chi connectivity index (χ4n) is 19.7. The summed E-state index contributed by atoms with van der Waals surface area (Å²) < 4.78 is 9.25. The number of nitrogens with zero attached hydrogens (tertiary/aromatic N) is 10. The van der Waals surface area contributed by atoms with Crippen molar-refractivity contribution in [3.63, 3.8) is 0 Å². The summed E-state index contributed by atoms with van der Waals surface area (Å²) in [5.41, 5.74) is 31.9. The first-order valence-electron chi connectivity index (χ1n) is 46.8. The van der Waals surface area contributed by atoms with Gasteiger partial charge in [0, 0.05) is 93.7 Å². The van der Waals surface area contributed by atoms with Crippen LogP contribution in [0.15, 0.2) is 497 Å². The molecule has 14 heteroatoms. The molecule has 0 spiro atoms. The highest BCUT2D eigenvalue weighted by Crippen LogP contribution is 2.42. The van der Waals surface area contributed by atoms with Gasteiger partial charge in [0.1, 0.15) is 0 Å². The minimum atomic E-state index is -1.47. The normalized spacial score (nSPS) is 11.4. The number of hydrogen-bond acceptors (Lipinski definition) is 8. The van der Waals surface area contributed by atoms with Crippen molar-refractivity contribution in [3.8, 4) is 146 Å². The van der Waals surface area contributed by atoms with Crippen LogP contribution in [0, 0.1) is 0 Å². The SMILES string of the molecule is Clc1nc(-c2ccc(-c3cccc(-c4ccccc4)c3)cc2)nc(-c2cccc(-n3c4ccccc4c4ccccc43)c2)n1.OB(O)c1cccc(-c2cccc(-n3c4ccccc4c4ccccc43)c2)c1.c1ccc(-c2cccc(-c3ccc(-c4nc(-c5cccc(-c6cccc(-n7c8ccccc8c8ccccc87)c6)c5)nc(-c5cccc(-n6c7ccccc7c7ccccc76)c5)n4)cc3)c2)cc1. The predicted octanol–water partition coefficient (Wildman–Crippen LogP) is 30.5. The van der Waals surface area contributed by atoms with Crippen molar-refractivity contribution in [1.29, 1.82) is 0 Å². The first kappa shape index (κ1) is 84.9. The van der Waals surface area contributed by atoms with Crippen LogP contribution in [0.25, 0.3) is 234 Å². The number of benzene rings is 20. The maximum absolute atomic E-state index is 9.49. The maximum atomic E-state index is 9.49. The molecule has 20 aromatic carbocycles. The topological polar surface area (TPSA) is 138 Å². The molecule has 0 unspecified atom stereocenters. The van der Waals surface area contributed by atoms with Crippen molar-refractivity contribution in [1.82, 2.24) is 48.2 Å². The second-order valence-electron chi connectivity index (χ2n) is 34.9. The molecular formula is C126H84BClN10O2. The molecule has 0 fully saturated rings. The largest absolute Gasteiger partial charge is 0.488 e. The summed E-state index contributed by atoms with van der Waals surface area (Å²) >= 11 is 6.48. The molecule has 0 aliphatic rings. The Morgan fingerprint density at radius 1 is 0.157 bits per heavy atom. The summed E-state index contributed by atoms with van der Waals surface area (Å²) in [7, 11) is -1.47. The molecule has 26 aromatic rings. The van der Waals surface area contributed by atoms with E-state index >= 15 is 0 Å². The van der Waals surface area contributed by atoms with Crippen LogP contribution >= 0.6 is 11.6 Å². The van der Waals surface area contributed by atoms with Gasteiger partial charge in [-0.2, -0.15) is 9.97 Å². The summed E-state index contributed by atoms with van der Waals surface area (Å²) in [4.78, 5) is 29.6. The number of fused-ring (bicyclic) bond motifs is 12. The summed E-state index contributed by atoms with van der Waals surface area (Å²) in [6, 6.07) is 173. The Hall–Kier alpha value is -18.1. The van der Waals surface area contributed by atoms with E-state index in [9.17, 15) is 10.0 Å². The minimum Gasteiger partial charge on any atom is -0.423 e. The highest BCUT2D eigenvalue weighted by molar-refractivity contribution is 6.58. The second kappa shape index (κ2) is 36.9. The molecule has 2 N–H and O–H groups in total. The molecule has 0 amide bonds. The summed E-state index contributed by atoms with van der Waals surface area (Å²) in [5, 5.41) is 28.9. The maximum Gasteiger partial charge on any atom is 0.488 e. The van der Waals surface area contributed by atoms with Crippen LogP contribution in [0.4, 0.5) is 0 Å². The van der Waals surface area contributed by atoms with E-state index in [4.69, 9.17) is 31.5 Å². The number of para-hydroxylation sites is 8. The van der Waals surface area contributed by atoms with E-state index in [-0.39, 0.29) is 5.28 Å². The first-order chi connectivity index (χ1) is 69.1. The molecule has 6 aromatic heterocycles. The van der Waals surface area contributed by atoms with Gasteiger partial charge in [-0.1, -0.05) is 382 Å². The van der Waals surface area contributed by atoms with Gasteiger partial charge in [0.2, 0.25) is 5.28 Å². The lowest BCUT2D eigenvalue weighted by atomic mass is 9.79. The van der Waals surface area contributed by atoms with Crippen molar-refractivity contribution in [2.24, 2.45) is 0 Å². The Labute approximate surface area is 813 Å².